The molecule has 1 fully saturated rings. The standard InChI is InChI=1S/C17H18N2O3S2/c1-24(20,21)14-8-6-12(7-9-14)16-17(19-15(23-16)10-11-18)22-13-4-2-3-5-13/h6-9,13H,2-5,10H2,1H3. The summed E-state index contributed by atoms with van der Waals surface area (Å²) in [6.45, 7) is 0. The quantitative estimate of drug-likeness (QED) is 0.812. The Bertz CT molecular complexity index is 858. The highest BCUT2D eigenvalue weighted by molar-refractivity contribution is 7.90. The maximum absolute atomic E-state index is 11.6. The van der Waals surface area contributed by atoms with E-state index >= 15 is 0 Å². The van der Waals surface area contributed by atoms with Crippen molar-refractivity contribution in [3.63, 3.8) is 0 Å². The highest BCUT2D eigenvalue weighted by Crippen LogP contribution is 2.38. The maximum Gasteiger partial charge on any atom is 0.233 e. The monoisotopic (exact) mass is 362 g/mol. The normalized spacial score (nSPS) is 15.3. The first-order valence-electron chi connectivity index (χ1n) is 7.81. The minimum atomic E-state index is -3.22. The first-order valence-corrected chi connectivity index (χ1v) is 10.5. The summed E-state index contributed by atoms with van der Waals surface area (Å²) in [5, 5.41) is 9.63. The van der Waals surface area contributed by atoms with Crippen LogP contribution in [0.2, 0.25) is 0 Å². The average Bonchev–Trinajstić information content (AvgIpc) is 3.17. The Hall–Kier alpha value is -1.91. The number of aromatic nitrogens is 1. The molecule has 1 aromatic carbocycles. The number of thiazole rings is 1. The summed E-state index contributed by atoms with van der Waals surface area (Å²) in [5.41, 5.74) is 0.858. The third-order valence-corrected chi connectivity index (χ3v) is 6.21. The lowest BCUT2D eigenvalue weighted by Crippen LogP contribution is -2.11. The lowest BCUT2D eigenvalue weighted by molar-refractivity contribution is 0.203. The second kappa shape index (κ2) is 6.91. The fraction of sp³-hybridized carbons (Fsp3) is 0.412. The molecule has 2 aromatic rings. The van der Waals surface area contributed by atoms with Crippen molar-refractivity contribution in [2.45, 2.75) is 43.1 Å². The van der Waals surface area contributed by atoms with E-state index in [0.717, 1.165) is 36.1 Å². The Morgan fingerprint density at radius 1 is 1.29 bits per heavy atom. The summed E-state index contributed by atoms with van der Waals surface area (Å²) >= 11 is 1.43. The zero-order valence-electron chi connectivity index (χ0n) is 13.4. The van der Waals surface area contributed by atoms with Crippen LogP contribution in [0, 0.1) is 11.3 Å². The minimum Gasteiger partial charge on any atom is -0.473 e. The molecule has 0 saturated heterocycles. The van der Waals surface area contributed by atoms with Crippen LogP contribution in [0.25, 0.3) is 10.4 Å². The number of hydrogen-bond acceptors (Lipinski definition) is 6. The van der Waals surface area contributed by atoms with E-state index in [2.05, 4.69) is 11.1 Å². The molecule has 24 heavy (non-hydrogen) atoms. The summed E-state index contributed by atoms with van der Waals surface area (Å²) in [6.07, 6.45) is 5.99. The molecule has 1 aliphatic carbocycles. The molecule has 0 atom stereocenters. The van der Waals surface area contributed by atoms with E-state index in [1.54, 1.807) is 24.3 Å². The Kier molecular flexibility index (Phi) is 4.88. The van der Waals surface area contributed by atoms with Gasteiger partial charge in [-0.2, -0.15) is 5.26 Å². The van der Waals surface area contributed by atoms with Gasteiger partial charge in [0.05, 0.1) is 22.3 Å². The molecule has 1 aliphatic rings. The van der Waals surface area contributed by atoms with Gasteiger partial charge in [-0.25, -0.2) is 13.4 Å². The van der Waals surface area contributed by atoms with Gasteiger partial charge in [-0.1, -0.05) is 12.1 Å². The second-order valence-corrected chi connectivity index (χ2v) is 9.00. The van der Waals surface area contributed by atoms with Crippen molar-refractivity contribution in [3.8, 4) is 22.4 Å². The van der Waals surface area contributed by atoms with Crippen molar-refractivity contribution in [3.05, 3.63) is 29.3 Å². The minimum absolute atomic E-state index is 0.177. The molecule has 1 saturated carbocycles. The molecule has 0 bridgehead atoms. The lowest BCUT2D eigenvalue weighted by Gasteiger charge is -2.12. The topological polar surface area (TPSA) is 80.0 Å². The zero-order valence-corrected chi connectivity index (χ0v) is 15.0. The van der Waals surface area contributed by atoms with E-state index in [4.69, 9.17) is 10.00 Å². The Labute approximate surface area is 145 Å². The van der Waals surface area contributed by atoms with Crippen LogP contribution in [-0.4, -0.2) is 25.8 Å². The molecule has 0 aliphatic heterocycles. The van der Waals surface area contributed by atoms with Crippen molar-refractivity contribution in [2.75, 3.05) is 6.26 Å². The van der Waals surface area contributed by atoms with Crippen LogP contribution >= 0.6 is 11.3 Å². The number of benzene rings is 1. The fourth-order valence-corrected chi connectivity index (χ4v) is 4.34. The summed E-state index contributed by atoms with van der Waals surface area (Å²) < 4.78 is 29.3. The van der Waals surface area contributed by atoms with Gasteiger partial charge in [0.15, 0.2) is 9.84 Å². The Morgan fingerprint density at radius 3 is 2.54 bits per heavy atom. The predicted molar refractivity (Wildman–Crippen MR) is 92.9 cm³/mol. The first-order chi connectivity index (χ1) is 11.5. The van der Waals surface area contributed by atoms with Crippen LogP contribution in [0.3, 0.4) is 0 Å². The van der Waals surface area contributed by atoms with E-state index < -0.39 is 9.84 Å². The Morgan fingerprint density at radius 2 is 1.96 bits per heavy atom. The van der Waals surface area contributed by atoms with Crippen LogP contribution in [0.15, 0.2) is 29.2 Å². The molecule has 0 unspecified atom stereocenters. The van der Waals surface area contributed by atoms with E-state index in [1.807, 2.05) is 0 Å². The molecule has 3 rings (SSSR count). The zero-order chi connectivity index (χ0) is 17.2. The van der Waals surface area contributed by atoms with E-state index in [0.29, 0.717) is 10.9 Å². The second-order valence-electron chi connectivity index (χ2n) is 5.90. The maximum atomic E-state index is 11.6. The van der Waals surface area contributed by atoms with E-state index in [9.17, 15) is 8.42 Å². The molecule has 7 heteroatoms. The Balaban J connectivity index is 1.94. The van der Waals surface area contributed by atoms with Gasteiger partial charge >= 0.3 is 0 Å². The summed E-state index contributed by atoms with van der Waals surface area (Å²) in [5.74, 6) is 0.559. The summed E-state index contributed by atoms with van der Waals surface area (Å²) in [6, 6.07) is 8.82. The molecule has 5 nitrogen and oxygen atoms in total. The van der Waals surface area contributed by atoms with Gasteiger partial charge in [0, 0.05) is 6.26 Å². The van der Waals surface area contributed by atoms with Gasteiger partial charge in [0.2, 0.25) is 5.88 Å². The molecule has 0 spiro atoms. The molecular formula is C17H18N2O3S2. The van der Waals surface area contributed by atoms with Crippen molar-refractivity contribution in [2.24, 2.45) is 0 Å². The number of nitriles is 1. The first kappa shape index (κ1) is 16.9. The smallest absolute Gasteiger partial charge is 0.233 e. The molecule has 0 N–H and O–H groups in total. The van der Waals surface area contributed by atoms with Crippen molar-refractivity contribution in [1.82, 2.24) is 4.98 Å². The number of sulfone groups is 1. The van der Waals surface area contributed by atoms with Crippen LogP contribution in [-0.2, 0) is 16.3 Å². The third-order valence-electron chi connectivity index (χ3n) is 4.00. The summed E-state index contributed by atoms with van der Waals surface area (Å²) in [7, 11) is -3.22. The molecule has 0 amide bonds. The SMILES string of the molecule is CS(=O)(=O)c1ccc(-c2sc(CC#N)nc2OC2CCCC2)cc1. The number of rotatable bonds is 5. The number of ether oxygens (including phenoxy) is 1. The highest BCUT2D eigenvalue weighted by Gasteiger charge is 2.22. The average molecular weight is 362 g/mol. The van der Waals surface area contributed by atoms with E-state index in [1.165, 1.54) is 17.6 Å². The van der Waals surface area contributed by atoms with Crippen molar-refractivity contribution < 1.29 is 13.2 Å². The van der Waals surface area contributed by atoms with Crippen LogP contribution in [0.1, 0.15) is 30.7 Å². The van der Waals surface area contributed by atoms with Gasteiger partial charge < -0.3 is 4.74 Å². The van der Waals surface area contributed by atoms with Gasteiger partial charge in [0.25, 0.3) is 0 Å². The van der Waals surface area contributed by atoms with Gasteiger partial charge in [0.1, 0.15) is 11.1 Å². The number of nitrogens with zero attached hydrogens (tertiary/aromatic N) is 2. The molecular weight excluding hydrogens is 344 g/mol. The molecule has 126 valence electrons. The lowest BCUT2D eigenvalue weighted by atomic mass is 10.2. The molecule has 1 aromatic heterocycles. The molecule has 1 heterocycles. The van der Waals surface area contributed by atoms with Gasteiger partial charge in [-0.3, -0.25) is 0 Å². The van der Waals surface area contributed by atoms with Crippen LogP contribution < -0.4 is 4.74 Å². The van der Waals surface area contributed by atoms with Crippen molar-refractivity contribution >= 4 is 21.2 Å². The van der Waals surface area contributed by atoms with E-state index in [-0.39, 0.29) is 17.4 Å². The third kappa shape index (κ3) is 3.77. The fourth-order valence-electron chi connectivity index (χ4n) is 2.77. The number of hydrogen-bond donors (Lipinski definition) is 0. The highest BCUT2D eigenvalue weighted by atomic mass is 32.2. The predicted octanol–water partition coefficient (Wildman–Crippen LogP) is 3.60. The van der Waals surface area contributed by atoms with Gasteiger partial charge in [-0.05, 0) is 43.4 Å². The summed E-state index contributed by atoms with van der Waals surface area (Å²) in [4.78, 5) is 5.60. The van der Waals surface area contributed by atoms with Crippen LogP contribution in [0.4, 0.5) is 0 Å². The van der Waals surface area contributed by atoms with Crippen molar-refractivity contribution in [1.29, 1.82) is 5.26 Å². The van der Waals surface area contributed by atoms with Crippen LogP contribution in [0.5, 0.6) is 5.88 Å². The van der Waals surface area contributed by atoms with Gasteiger partial charge in [-0.15, -0.1) is 11.3 Å². The molecule has 0 radical (unpaired) electrons. The largest absolute Gasteiger partial charge is 0.473 e.